The molecule has 5 atom stereocenters. The number of hydrogen-bond donors (Lipinski definition) is 1. The Morgan fingerprint density at radius 3 is 2.54 bits per heavy atom. The van der Waals surface area contributed by atoms with Crippen LogP contribution in [0.15, 0.2) is 59.8 Å². The van der Waals surface area contributed by atoms with E-state index in [-0.39, 0.29) is 17.5 Å². The van der Waals surface area contributed by atoms with Crippen molar-refractivity contribution in [3.05, 3.63) is 70.9 Å². The summed E-state index contributed by atoms with van der Waals surface area (Å²) in [7, 11) is 1.33. The Labute approximate surface area is 213 Å². The van der Waals surface area contributed by atoms with Crippen LogP contribution in [-0.2, 0) is 19.1 Å². The molecule has 2 fully saturated rings. The minimum atomic E-state index is -1.40. The smallest absolute Gasteiger partial charge is 0.331 e. The van der Waals surface area contributed by atoms with E-state index in [9.17, 15) is 24.6 Å². The second-order valence-electron chi connectivity index (χ2n) is 10.0. The number of aliphatic hydroxyl groups is 1. The van der Waals surface area contributed by atoms with Crippen LogP contribution < -0.4 is 9.84 Å². The van der Waals surface area contributed by atoms with Crippen LogP contribution in [0.1, 0.15) is 37.3 Å². The van der Waals surface area contributed by atoms with Crippen LogP contribution in [0.25, 0.3) is 16.7 Å². The third kappa shape index (κ3) is 3.35. The first-order valence-corrected chi connectivity index (χ1v) is 12.5. The Morgan fingerprint density at radius 1 is 1.11 bits per heavy atom. The zero-order chi connectivity index (χ0) is 26.0. The molecule has 190 valence electrons. The van der Waals surface area contributed by atoms with Crippen LogP contribution >= 0.6 is 0 Å². The van der Waals surface area contributed by atoms with E-state index in [1.165, 1.54) is 18.1 Å². The number of ether oxygens (including phenoxy) is 2. The number of β-lactam (4-membered cyclic amide) rings is 1. The van der Waals surface area contributed by atoms with Crippen LogP contribution in [0.5, 0.6) is 5.75 Å². The fourth-order valence-electron chi connectivity index (χ4n) is 6.64. The van der Waals surface area contributed by atoms with Gasteiger partial charge < -0.3 is 29.4 Å². The summed E-state index contributed by atoms with van der Waals surface area (Å²) in [4.78, 5) is 38.5. The highest BCUT2D eigenvalue weighted by Crippen LogP contribution is 2.54. The minimum absolute atomic E-state index is 0.110. The Morgan fingerprint density at radius 2 is 1.84 bits per heavy atom. The summed E-state index contributed by atoms with van der Waals surface area (Å²) in [6.07, 6.45) is 2.13. The van der Waals surface area contributed by atoms with Crippen LogP contribution in [0.2, 0.25) is 0 Å². The van der Waals surface area contributed by atoms with E-state index in [1.54, 1.807) is 6.92 Å². The number of hydrogen-bond acceptors (Lipinski definition) is 7. The highest BCUT2D eigenvalue weighted by Gasteiger charge is 2.61. The molecular weight excluding hydrogens is 474 g/mol. The highest BCUT2D eigenvalue weighted by atomic mass is 16.5. The molecule has 37 heavy (non-hydrogen) atoms. The van der Waals surface area contributed by atoms with Crippen LogP contribution in [0.3, 0.4) is 0 Å². The molecule has 8 nitrogen and oxygen atoms in total. The molecule has 4 aliphatic rings. The number of carbonyl (C=O) groups excluding carboxylic acids is 3. The molecule has 1 N–H and O–H groups in total. The summed E-state index contributed by atoms with van der Waals surface area (Å²) in [5.41, 5.74) is 4.63. The molecule has 2 aliphatic heterocycles. The Bertz CT molecular complexity index is 1400. The van der Waals surface area contributed by atoms with E-state index >= 15 is 0 Å². The molecule has 1 saturated carbocycles. The predicted molar refractivity (Wildman–Crippen MR) is 131 cm³/mol. The molecule has 2 aromatic carbocycles. The summed E-state index contributed by atoms with van der Waals surface area (Å²) in [5, 5.41) is 22.5. The molecule has 0 aromatic heterocycles. The number of carbonyl (C=O) groups is 3. The number of benzene rings is 2. The zero-order valence-corrected chi connectivity index (χ0v) is 20.5. The molecule has 2 aliphatic carbocycles. The standard InChI is InChI=1S/C29H27NO7/c1-14(31)23-26-18-10-6-12-21(25(18)27(29(34)35)30(26)28(23)33)37-20-11-5-9-17-19(13-22(32)36-2)15-7-3-4-8-16(15)24(17)20/h3-5,7-9,11,13-14,18,21,23,26,31H,6,10,12H2,1-2H3,(H,34,35)/p-1/b19-13-. The number of esters is 1. The normalized spacial score (nSPS) is 27.2. The third-order valence-corrected chi connectivity index (χ3v) is 8.09. The fourth-order valence-corrected chi connectivity index (χ4v) is 6.64. The number of amides is 1. The first-order chi connectivity index (χ1) is 17.8. The number of aliphatic hydroxyl groups excluding tert-OH is 1. The lowest BCUT2D eigenvalue weighted by Gasteiger charge is -2.48. The lowest BCUT2D eigenvalue weighted by molar-refractivity contribution is -0.301. The molecule has 0 bridgehead atoms. The summed E-state index contributed by atoms with van der Waals surface area (Å²) in [5.74, 6) is -2.51. The molecule has 0 spiro atoms. The summed E-state index contributed by atoms with van der Waals surface area (Å²) >= 11 is 0. The monoisotopic (exact) mass is 500 g/mol. The van der Waals surface area contributed by atoms with Crippen molar-refractivity contribution in [2.45, 2.75) is 44.4 Å². The van der Waals surface area contributed by atoms with Crippen molar-refractivity contribution < 1.29 is 34.1 Å². The van der Waals surface area contributed by atoms with Crippen molar-refractivity contribution >= 4 is 23.4 Å². The number of nitrogens with zero attached hydrogens (tertiary/aromatic N) is 1. The molecule has 8 heteroatoms. The van der Waals surface area contributed by atoms with Gasteiger partial charge in [-0.1, -0.05) is 36.4 Å². The van der Waals surface area contributed by atoms with Crippen molar-refractivity contribution in [1.29, 1.82) is 0 Å². The van der Waals surface area contributed by atoms with E-state index in [2.05, 4.69) is 0 Å². The van der Waals surface area contributed by atoms with Gasteiger partial charge in [-0.15, -0.1) is 0 Å². The average molecular weight is 501 g/mol. The van der Waals surface area contributed by atoms with Gasteiger partial charge in [-0.2, -0.15) is 0 Å². The van der Waals surface area contributed by atoms with Gasteiger partial charge in [-0.3, -0.25) is 4.79 Å². The van der Waals surface area contributed by atoms with Crippen molar-refractivity contribution in [2.24, 2.45) is 11.8 Å². The second-order valence-corrected chi connectivity index (χ2v) is 10.0. The SMILES string of the molecule is COC(=O)/C=C1/c2ccccc2-c2c(OC3CCCC4C3=C(C(=O)[O-])N3C(=O)C(C(C)O)C43)cccc21. The number of carboxylic acids is 1. The number of carboxylic acid groups (broad SMARTS) is 1. The Kier molecular flexibility index (Phi) is 5.45. The van der Waals surface area contributed by atoms with E-state index in [1.807, 2.05) is 42.5 Å². The van der Waals surface area contributed by atoms with Gasteiger partial charge in [-0.25, -0.2) is 4.79 Å². The van der Waals surface area contributed by atoms with E-state index < -0.39 is 36.1 Å². The summed E-state index contributed by atoms with van der Waals surface area (Å²) in [6.45, 7) is 1.57. The molecule has 0 radical (unpaired) electrons. The van der Waals surface area contributed by atoms with Gasteiger partial charge in [0.25, 0.3) is 0 Å². The maximum Gasteiger partial charge on any atom is 0.331 e. The Hall–Kier alpha value is -3.91. The van der Waals surface area contributed by atoms with Crippen molar-refractivity contribution in [3.8, 4) is 16.9 Å². The van der Waals surface area contributed by atoms with Crippen molar-refractivity contribution in [1.82, 2.24) is 4.90 Å². The van der Waals surface area contributed by atoms with Crippen molar-refractivity contribution in [3.63, 3.8) is 0 Å². The Balaban J connectivity index is 1.43. The van der Waals surface area contributed by atoms with E-state index in [4.69, 9.17) is 9.47 Å². The van der Waals surface area contributed by atoms with Gasteiger partial charge in [0.1, 0.15) is 11.9 Å². The second kappa shape index (κ2) is 8.59. The first kappa shape index (κ1) is 23.5. The molecule has 5 unspecified atom stereocenters. The topological polar surface area (TPSA) is 116 Å². The number of aliphatic carboxylic acids is 1. The van der Waals surface area contributed by atoms with Crippen LogP contribution in [0, 0.1) is 11.8 Å². The maximum absolute atomic E-state index is 12.8. The van der Waals surface area contributed by atoms with Crippen molar-refractivity contribution in [2.75, 3.05) is 7.11 Å². The summed E-state index contributed by atoms with van der Waals surface area (Å²) in [6, 6.07) is 12.9. The van der Waals surface area contributed by atoms with Gasteiger partial charge in [0.2, 0.25) is 5.91 Å². The third-order valence-electron chi connectivity index (χ3n) is 8.09. The quantitative estimate of drug-likeness (QED) is 0.324. The molecule has 2 heterocycles. The first-order valence-electron chi connectivity index (χ1n) is 12.5. The minimum Gasteiger partial charge on any atom is -0.543 e. The maximum atomic E-state index is 12.8. The van der Waals surface area contributed by atoms with Gasteiger partial charge >= 0.3 is 5.97 Å². The average Bonchev–Trinajstić information content (AvgIpc) is 3.36. The van der Waals surface area contributed by atoms with Gasteiger partial charge in [0.05, 0.1) is 36.8 Å². The predicted octanol–water partition coefficient (Wildman–Crippen LogP) is 2.04. The summed E-state index contributed by atoms with van der Waals surface area (Å²) < 4.78 is 11.5. The molecule has 2 aromatic rings. The zero-order valence-electron chi connectivity index (χ0n) is 20.5. The van der Waals surface area contributed by atoms with Gasteiger partial charge in [0.15, 0.2) is 0 Å². The van der Waals surface area contributed by atoms with E-state index in [0.717, 1.165) is 34.2 Å². The highest BCUT2D eigenvalue weighted by molar-refractivity contribution is 6.08. The lowest BCUT2D eigenvalue weighted by Crippen LogP contribution is -2.64. The lowest BCUT2D eigenvalue weighted by atomic mass is 9.71. The largest absolute Gasteiger partial charge is 0.543 e. The molecule has 1 saturated heterocycles. The van der Waals surface area contributed by atoms with Gasteiger partial charge in [0, 0.05) is 23.1 Å². The number of methoxy groups -OCH3 is 1. The number of fused-ring (bicyclic) bond motifs is 6. The molecule has 1 amide bonds. The van der Waals surface area contributed by atoms with Gasteiger partial charge in [-0.05, 0) is 54.5 Å². The van der Waals surface area contributed by atoms with Crippen LogP contribution in [-0.4, -0.2) is 53.2 Å². The number of rotatable bonds is 5. The molecular formula is C29H26NO7-. The fraction of sp³-hybridized carbons (Fsp3) is 0.345. The van der Waals surface area contributed by atoms with E-state index in [0.29, 0.717) is 24.2 Å². The molecule has 6 rings (SSSR count). The van der Waals surface area contributed by atoms with Crippen LogP contribution in [0.4, 0.5) is 0 Å².